The molecule has 1 unspecified atom stereocenters. The van der Waals surface area contributed by atoms with E-state index in [0.29, 0.717) is 5.69 Å². The second-order valence-electron chi connectivity index (χ2n) is 4.93. The van der Waals surface area contributed by atoms with Crippen molar-refractivity contribution in [3.05, 3.63) is 36.0 Å². The number of hydrogen-bond donors (Lipinski definition) is 1. The SMILES string of the molecule is CCN(C(=O)CCSC=CC(F)(F)F)C(C=Nc1cccnc1)C(=N)Cl. The first-order chi connectivity index (χ1) is 12.2. The zero-order chi connectivity index (χ0) is 19.6. The highest BCUT2D eigenvalue weighted by molar-refractivity contribution is 8.02. The number of aliphatic imine (C=N–C) groups is 1. The van der Waals surface area contributed by atoms with Crippen molar-refractivity contribution in [3.8, 4) is 0 Å². The van der Waals surface area contributed by atoms with E-state index in [0.717, 1.165) is 17.2 Å². The molecule has 0 fully saturated rings. The summed E-state index contributed by atoms with van der Waals surface area (Å²) in [5.74, 6) is -0.141. The molecule has 10 heteroatoms. The van der Waals surface area contributed by atoms with Crippen LogP contribution < -0.4 is 0 Å². The predicted octanol–water partition coefficient (Wildman–Crippen LogP) is 4.42. The molecule has 1 amide bonds. The van der Waals surface area contributed by atoms with Crippen LogP contribution in [0.4, 0.5) is 18.9 Å². The predicted molar refractivity (Wildman–Crippen MR) is 99.4 cm³/mol. The Balaban J connectivity index is 2.69. The molecule has 0 aliphatic carbocycles. The van der Waals surface area contributed by atoms with Crippen molar-refractivity contribution >= 4 is 46.3 Å². The normalized spacial score (nSPS) is 13.3. The maximum Gasteiger partial charge on any atom is 0.410 e. The Hall–Kier alpha value is -1.87. The van der Waals surface area contributed by atoms with Gasteiger partial charge in [0.2, 0.25) is 5.91 Å². The lowest BCUT2D eigenvalue weighted by molar-refractivity contribution is -0.130. The van der Waals surface area contributed by atoms with Gasteiger partial charge in [-0.3, -0.25) is 20.2 Å². The van der Waals surface area contributed by atoms with Crippen LogP contribution in [0.15, 0.2) is 41.0 Å². The molecule has 5 nitrogen and oxygen atoms in total. The van der Waals surface area contributed by atoms with Crippen molar-refractivity contribution in [1.82, 2.24) is 9.88 Å². The van der Waals surface area contributed by atoms with Crippen molar-refractivity contribution in [3.63, 3.8) is 0 Å². The number of thioether (sulfide) groups is 1. The molecule has 1 N–H and O–H groups in total. The summed E-state index contributed by atoms with van der Waals surface area (Å²) >= 11 is 6.69. The fraction of sp³-hybridized carbons (Fsp3) is 0.375. The van der Waals surface area contributed by atoms with Crippen molar-refractivity contribution in [1.29, 1.82) is 5.41 Å². The zero-order valence-corrected chi connectivity index (χ0v) is 15.5. The zero-order valence-electron chi connectivity index (χ0n) is 13.9. The number of allylic oxidation sites excluding steroid dienone is 1. The van der Waals surface area contributed by atoms with Gasteiger partial charge in [0.15, 0.2) is 0 Å². The number of halogens is 4. The van der Waals surface area contributed by atoms with E-state index in [1.54, 1.807) is 25.3 Å². The molecular weight excluding hydrogens is 389 g/mol. The van der Waals surface area contributed by atoms with Crippen LogP contribution in [0.3, 0.4) is 0 Å². The molecule has 0 aliphatic rings. The summed E-state index contributed by atoms with van der Waals surface area (Å²) in [4.78, 5) is 21.8. The largest absolute Gasteiger partial charge is 0.410 e. The number of nitrogens with zero attached hydrogens (tertiary/aromatic N) is 3. The third kappa shape index (κ3) is 8.48. The summed E-state index contributed by atoms with van der Waals surface area (Å²) in [5, 5.41) is 8.31. The summed E-state index contributed by atoms with van der Waals surface area (Å²) in [6, 6.07) is 2.56. The smallest absolute Gasteiger partial charge is 0.328 e. The van der Waals surface area contributed by atoms with Crippen LogP contribution >= 0.6 is 23.4 Å². The standard InChI is InChI=1S/C16H18ClF3N4OS/c1-2-24(14(25)5-8-26-9-6-16(18,19)20)13(15(17)21)11-23-12-4-3-7-22-10-12/h3-4,6-7,9-11,13,21H,2,5,8H2,1H3. The molecule has 0 saturated heterocycles. The molecule has 0 aliphatic heterocycles. The van der Waals surface area contributed by atoms with Crippen LogP contribution in [0.2, 0.25) is 0 Å². The fourth-order valence-electron chi connectivity index (χ4n) is 1.88. The quantitative estimate of drug-likeness (QED) is 0.487. The van der Waals surface area contributed by atoms with Gasteiger partial charge in [0.25, 0.3) is 0 Å². The topological polar surface area (TPSA) is 69.4 Å². The van der Waals surface area contributed by atoms with E-state index >= 15 is 0 Å². The molecule has 1 aromatic heterocycles. The first-order valence-corrected chi connectivity index (χ1v) is 9.01. The van der Waals surface area contributed by atoms with Gasteiger partial charge in [-0.25, -0.2) is 0 Å². The van der Waals surface area contributed by atoms with Crippen LogP contribution in [0, 0.1) is 5.41 Å². The van der Waals surface area contributed by atoms with Gasteiger partial charge in [-0.2, -0.15) is 13.2 Å². The van der Waals surface area contributed by atoms with Crippen molar-refractivity contribution in [2.24, 2.45) is 4.99 Å². The first kappa shape index (κ1) is 22.2. The molecule has 1 atom stereocenters. The van der Waals surface area contributed by atoms with E-state index in [1.165, 1.54) is 17.3 Å². The number of aromatic nitrogens is 1. The summed E-state index contributed by atoms with van der Waals surface area (Å²) in [7, 11) is 0. The van der Waals surface area contributed by atoms with Gasteiger partial charge in [0, 0.05) is 37.2 Å². The summed E-state index contributed by atoms with van der Waals surface area (Å²) in [6.45, 7) is 2.00. The van der Waals surface area contributed by atoms with Crippen LogP contribution in [-0.4, -0.2) is 51.7 Å². The molecule has 0 radical (unpaired) electrons. The minimum Gasteiger partial charge on any atom is -0.328 e. The number of amides is 1. The van der Waals surface area contributed by atoms with E-state index < -0.39 is 12.2 Å². The van der Waals surface area contributed by atoms with Gasteiger partial charge >= 0.3 is 6.18 Å². The average molecular weight is 407 g/mol. The van der Waals surface area contributed by atoms with Crippen LogP contribution in [0.25, 0.3) is 0 Å². The number of carbonyl (C=O) groups is 1. The molecule has 0 aromatic carbocycles. The van der Waals surface area contributed by atoms with E-state index in [2.05, 4.69) is 9.98 Å². The molecule has 26 heavy (non-hydrogen) atoms. The number of hydrogen-bond acceptors (Lipinski definition) is 5. The maximum atomic E-state index is 12.3. The molecule has 142 valence electrons. The lowest BCUT2D eigenvalue weighted by Gasteiger charge is -2.26. The Morgan fingerprint density at radius 1 is 1.54 bits per heavy atom. The minimum atomic E-state index is -4.37. The monoisotopic (exact) mass is 406 g/mol. The van der Waals surface area contributed by atoms with E-state index in [-0.39, 0.29) is 35.9 Å². The number of rotatable bonds is 9. The number of alkyl halides is 3. The van der Waals surface area contributed by atoms with Gasteiger partial charge in [0.1, 0.15) is 11.2 Å². The second kappa shape index (κ2) is 11.0. The summed E-state index contributed by atoms with van der Waals surface area (Å²) in [6.07, 6.45) is 0.262. The highest BCUT2D eigenvalue weighted by Gasteiger charge is 2.24. The highest BCUT2D eigenvalue weighted by atomic mass is 35.5. The fourth-order valence-corrected chi connectivity index (χ4v) is 2.73. The van der Waals surface area contributed by atoms with Gasteiger partial charge in [-0.05, 0) is 24.5 Å². The molecule has 0 saturated carbocycles. The van der Waals surface area contributed by atoms with E-state index in [9.17, 15) is 18.0 Å². The van der Waals surface area contributed by atoms with Crippen molar-refractivity contribution in [2.75, 3.05) is 12.3 Å². The van der Waals surface area contributed by atoms with Crippen LogP contribution in [-0.2, 0) is 4.79 Å². The third-order valence-electron chi connectivity index (χ3n) is 3.05. The summed E-state index contributed by atoms with van der Waals surface area (Å²) in [5.41, 5.74) is 0.548. The molecule has 0 spiro atoms. The number of pyridine rings is 1. The Morgan fingerprint density at radius 2 is 2.27 bits per heavy atom. The van der Waals surface area contributed by atoms with Gasteiger partial charge < -0.3 is 4.90 Å². The van der Waals surface area contributed by atoms with Crippen molar-refractivity contribution < 1.29 is 18.0 Å². The first-order valence-electron chi connectivity index (χ1n) is 7.58. The second-order valence-corrected chi connectivity index (χ2v) is 6.35. The van der Waals surface area contributed by atoms with Crippen molar-refractivity contribution in [2.45, 2.75) is 25.6 Å². The molecule has 1 aromatic rings. The lowest BCUT2D eigenvalue weighted by Crippen LogP contribution is -2.44. The van der Waals surface area contributed by atoms with Crippen LogP contribution in [0.5, 0.6) is 0 Å². The lowest BCUT2D eigenvalue weighted by atomic mass is 10.2. The molecule has 1 heterocycles. The highest BCUT2D eigenvalue weighted by Crippen LogP contribution is 2.19. The van der Waals surface area contributed by atoms with Crippen LogP contribution in [0.1, 0.15) is 13.3 Å². The third-order valence-corrected chi connectivity index (χ3v) is 4.05. The van der Waals surface area contributed by atoms with Gasteiger partial charge in [-0.15, -0.1) is 11.8 Å². The summed E-state index contributed by atoms with van der Waals surface area (Å²) < 4.78 is 36.0. The Bertz CT molecular complexity index is 653. The Morgan fingerprint density at radius 3 is 2.81 bits per heavy atom. The number of carbonyl (C=O) groups excluding carboxylic acids is 1. The molecule has 1 rings (SSSR count). The van der Waals surface area contributed by atoms with Gasteiger partial charge in [0.05, 0.1) is 11.9 Å². The Kier molecular flexibility index (Phi) is 9.36. The minimum absolute atomic E-state index is 0.0160. The Labute approximate surface area is 158 Å². The maximum absolute atomic E-state index is 12.3. The molecule has 0 bridgehead atoms. The number of nitrogens with one attached hydrogen (secondary N) is 1. The van der Waals surface area contributed by atoms with Gasteiger partial charge in [-0.1, -0.05) is 11.6 Å². The van der Waals surface area contributed by atoms with E-state index in [4.69, 9.17) is 17.0 Å². The van der Waals surface area contributed by atoms with E-state index in [1.807, 2.05) is 0 Å². The average Bonchev–Trinajstić information content (AvgIpc) is 2.57. The molecular formula is C16H18ClF3N4OS.